The summed E-state index contributed by atoms with van der Waals surface area (Å²) in [6, 6.07) is 5.38. The van der Waals surface area contributed by atoms with Crippen LogP contribution in [0.3, 0.4) is 0 Å². The molecular weight excluding hydrogens is 350 g/mol. The Morgan fingerprint density at radius 1 is 1.52 bits per heavy atom. The van der Waals surface area contributed by atoms with Crippen molar-refractivity contribution in [2.24, 2.45) is 11.8 Å². The van der Waals surface area contributed by atoms with Crippen molar-refractivity contribution in [1.29, 1.82) is 5.26 Å². The molecular formula is C18H17N5O4. The third-order valence-corrected chi connectivity index (χ3v) is 5.03. The smallest absolute Gasteiger partial charge is 0.407 e. The molecule has 1 N–H and O–H groups in total. The minimum absolute atomic E-state index is 0.215. The molecule has 0 spiro atoms. The number of hydrogen-bond acceptors (Lipinski definition) is 7. The first kappa shape index (κ1) is 17.0. The Hall–Kier alpha value is -3.41. The number of carboxylic acid groups (broad SMARTS) is 1. The molecule has 1 aliphatic rings. The van der Waals surface area contributed by atoms with Crippen LogP contribution in [-0.4, -0.2) is 44.3 Å². The lowest BCUT2D eigenvalue weighted by molar-refractivity contribution is 0.101. The number of nitrogens with zero attached hydrogens (tertiary/aromatic N) is 5. The summed E-state index contributed by atoms with van der Waals surface area (Å²) < 4.78 is 11.0. The van der Waals surface area contributed by atoms with Gasteiger partial charge in [0.25, 0.3) is 5.89 Å². The van der Waals surface area contributed by atoms with Crippen molar-refractivity contribution in [1.82, 2.24) is 20.0 Å². The summed E-state index contributed by atoms with van der Waals surface area (Å²) >= 11 is 0. The molecule has 2 unspecified atom stereocenters. The molecule has 1 saturated heterocycles. The van der Waals surface area contributed by atoms with Crippen LogP contribution in [0.1, 0.15) is 24.9 Å². The van der Waals surface area contributed by atoms with Crippen LogP contribution < -0.4 is 0 Å². The minimum atomic E-state index is -0.877. The van der Waals surface area contributed by atoms with E-state index in [0.717, 1.165) is 6.42 Å². The van der Waals surface area contributed by atoms with Crippen molar-refractivity contribution in [3.63, 3.8) is 0 Å². The second-order valence-electron chi connectivity index (χ2n) is 6.77. The number of furan rings is 1. The van der Waals surface area contributed by atoms with Crippen LogP contribution in [0.25, 0.3) is 22.6 Å². The molecule has 9 heteroatoms. The fourth-order valence-electron chi connectivity index (χ4n) is 3.50. The van der Waals surface area contributed by atoms with Crippen molar-refractivity contribution in [2.45, 2.75) is 19.8 Å². The van der Waals surface area contributed by atoms with E-state index in [4.69, 9.17) is 19.3 Å². The van der Waals surface area contributed by atoms with Gasteiger partial charge in [-0.1, -0.05) is 12.1 Å². The van der Waals surface area contributed by atoms with E-state index in [9.17, 15) is 4.79 Å². The number of aromatic nitrogens is 3. The summed E-state index contributed by atoms with van der Waals surface area (Å²) in [6.45, 7) is 3.07. The molecule has 3 aromatic heterocycles. The largest absolute Gasteiger partial charge is 0.465 e. The predicted octanol–water partition coefficient (Wildman–Crippen LogP) is 2.93. The van der Waals surface area contributed by atoms with E-state index in [2.05, 4.69) is 15.1 Å². The van der Waals surface area contributed by atoms with Gasteiger partial charge >= 0.3 is 6.09 Å². The van der Waals surface area contributed by atoms with E-state index in [-0.39, 0.29) is 23.4 Å². The molecule has 0 aromatic carbocycles. The van der Waals surface area contributed by atoms with E-state index in [0.29, 0.717) is 42.1 Å². The van der Waals surface area contributed by atoms with Crippen LogP contribution in [0.5, 0.6) is 0 Å². The Morgan fingerprint density at radius 3 is 3.11 bits per heavy atom. The highest BCUT2D eigenvalue weighted by molar-refractivity contribution is 5.85. The Kier molecular flexibility index (Phi) is 4.24. The van der Waals surface area contributed by atoms with Crippen molar-refractivity contribution in [2.75, 3.05) is 13.1 Å². The van der Waals surface area contributed by atoms with Gasteiger partial charge in [0.15, 0.2) is 17.3 Å². The zero-order valence-corrected chi connectivity index (χ0v) is 14.6. The molecule has 27 heavy (non-hydrogen) atoms. The van der Waals surface area contributed by atoms with Gasteiger partial charge in [-0.25, -0.2) is 9.78 Å². The number of piperidine rings is 1. The summed E-state index contributed by atoms with van der Waals surface area (Å²) in [5.41, 5.74) is 0.812. The molecule has 138 valence electrons. The number of fused-ring (bicyclic) bond motifs is 1. The normalized spacial score (nSPS) is 19.9. The molecule has 4 rings (SSSR count). The van der Waals surface area contributed by atoms with Crippen molar-refractivity contribution in [3.8, 4) is 17.7 Å². The SMILES string of the molecule is CC1CN(C(=O)O)CCC1Cc1noc(-c2cc3c(C#N)nccc3o2)n1. The highest BCUT2D eigenvalue weighted by atomic mass is 16.5. The molecule has 0 bridgehead atoms. The quantitative estimate of drug-likeness (QED) is 0.748. The molecule has 1 amide bonds. The molecule has 1 fully saturated rings. The first-order valence-corrected chi connectivity index (χ1v) is 8.64. The average molecular weight is 367 g/mol. The van der Waals surface area contributed by atoms with Crippen LogP contribution >= 0.6 is 0 Å². The highest BCUT2D eigenvalue weighted by Gasteiger charge is 2.30. The number of carbonyl (C=O) groups is 1. The second-order valence-corrected chi connectivity index (χ2v) is 6.77. The molecule has 3 aromatic rings. The number of pyridine rings is 1. The summed E-state index contributed by atoms with van der Waals surface area (Å²) in [5, 5.41) is 22.9. The molecule has 0 saturated carbocycles. The van der Waals surface area contributed by atoms with Crippen LogP contribution in [0.2, 0.25) is 0 Å². The summed E-state index contributed by atoms with van der Waals surface area (Å²) in [4.78, 5) is 21.0. The van der Waals surface area contributed by atoms with Gasteiger partial charge < -0.3 is 18.9 Å². The van der Waals surface area contributed by atoms with E-state index in [1.165, 1.54) is 11.1 Å². The van der Waals surface area contributed by atoms with Gasteiger partial charge in [-0.15, -0.1) is 0 Å². The number of likely N-dealkylation sites (tertiary alicyclic amines) is 1. The van der Waals surface area contributed by atoms with Gasteiger partial charge in [-0.2, -0.15) is 10.2 Å². The molecule has 2 atom stereocenters. The van der Waals surface area contributed by atoms with Crippen molar-refractivity contribution >= 4 is 17.1 Å². The van der Waals surface area contributed by atoms with Gasteiger partial charge in [0.1, 0.15) is 11.7 Å². The van der Waals surface area contributed by atoms with E-state index < -0.39 is 6.09 Å². The maximum Gasteiger partial charge on any atom is 0.407 e. The summed E-state index contributed by atoms with van der Waals surface area (Å²) in [7, 11) is 0. The standard InChI is InChI=1S/C18H17N5O4/c1-10-9-23(18(24)25)5-3-11(10)6-16-21-17(27-22-16)15-7-12-13(8-19)20-4-2-14(12)26-15/h2,4,7,10-11H,3,5-6,9H2,1H3,(H,24,25). The summed E-state index contributed by atoms with van der Waals surface area (Å²) in [5.74, 6) is 1.70. The molecule has 0 radical (unpaired) electrons. The molecule has 0 aliphatic carbocycles. The lowest BCUT2D eigenvalue weighted by Crippen LogP contribution is -2.42. The maximum absolute atomic E-state index is 11.1. The number of amides is 1. The van der Waals surface area contributed by atoms with Crippen LogP contribution in [0, 0.1) is 23.2 Å². The molecule has 1 aliphatic heterocycles. The lowest BCUT2D eigenvalue weighted by atomic mass is 9.84. The third-order valence-electron chi connectivity index (χ3n) is 5.03. The third kappa shape index (κ3) is 3.21. The van der Waals surface area contributed by atoms with E-state index in [1.807, 2.05) is 13.0 Å². The van der Waals surface area contributed by atoms with Crippen LogP contribution in [0.15, 0.2) is 27.3 Å². The number of nitriles is 1. The van der Waals surface area contributed by atoms with E-state index >= 15 is 0 Å². The number of rotatable bonds is 3. The first-order chi connectivity index (χ1) is 13.0. The van der Waals surface area contributed by atoms with Gasteiger partial charge in [0.05, 0.1) is 5.39 Å². The minimum Gasteiger partial charge on any atom is -0.465 e. The fourth-order valence-corrected chi connectivity index (χ4v) is 3.50. The first-order valence-electron chi connectivity index (χ1n) is 8.64. The van der Waals surface area contributed by atoms with Crippen molar-refractivity contribution < 1.29 is 18.8 Å². The van der Waals surface area contributed by atoms with Crippen LogP contribution in [0.4, 0.5) is 4.79 Å². The summed E-state index contributed by atoms with van der Waals surface area (Å²) in [6.07, 6.45) is 2.01. The number of hydrogen-bond donors (Lipinski definition) is 1. The van der Waals surface area contributed by atoms with Gasteiger partial charge in [-0.05, 0) is 24.3 Å². The molecule has 9 nitrogen and oxygen atoms in total. The zero-order valence-electron chi connectivity index (χ0n) is 14.6. The van der Waals surface area contributed by atoms with Gasteiger partial charge in [0, 0.05) is 31.8 Å². The maximum atomic E-state index is 11.1. The lowest BCUT2D eigenvalue weighted by Gasteiger charge is -2.34. The Morgan fingerprint density at radius 2 is 2.37 bits per heavy atom. The van der Waals surface area contributed by atoms with E-state index in [1.54, 1.807) is 12.1 Å². The topological polar surface area (TPSA) is 129 Å². The Balaban J connectivity index is 1.51. The Bertz CT molecular complexity index is 1030. The predicted molar refractivity (Wildman–Crippen MR) is 92.6 cm³/mol. The van der Waals surface area contributed by atoms with Crippen molar-refractivity contribution in [3.05, 3.63) is 29.8 Å². The zero-order chi connectivity index (χ0) is 19.0. The Labute approximate surface area is 154 Å². The van der Waals surface area contributed by atoms with Gasteiger partial charge in [-0.3, -0.25) is 0 Å². The second kappa shape index (κ2) is 6.72. The fraction of sp³-hybridized carbons (Fsp3) is 0.389. The average Bonchev–Trinajstić information content (AvgIpc) is 3.29. The van der Waals surface area contributed by atoms with Crippen LogP contribution in [-0.2, 0) is 6.42 Å². The molecule has 4 heterocycles. The van der Waals surface area contributed by atoms with Gasteiger partial charge in [0.2, 0.25) is 0 Å². The monoisotopic (exact) mass is 367 g/mol. The highest BCUT2D eigenvalue weighted by Crippen LogP contribution is 2.30.